The molecule has 2 aromatic rings. The molecule has 0 saturated heterocycles. The maximum Gasteiger partial charge on any atom is 0.355 e. The van der Waals surface area contributed by atoms with Gasteiger partial charge < -0.3 is 15.2 Å². The summed E-state index contributed by atoms with van der Waals surface area (Å²) in [6, 6.07) is 5.95. The molecule has 1 amide bonds. The third kappa shape index (κ3) is 6.19. The van der Waals surface area contributed by atoms with Gasteiger partial charge in [0.15, 0.2) is 5.69 Å². The minimum absolute atomic E-state index is 0.0429. The number of rotatable bonds is 9. The summed E-state index contributed by atoms with van der Waals surface area (Å²) >= 11 is 1.29. The normalized spacial score (nSPS) is 10.5. The van der Waals surface area contributed by atoms with Crippen LogP contribution in [0.15, 0.2) is 23.6 Å². The first kappa shape index (κ1) is 18.9. The van der Waals surface area contributed by atoms with Crippen LogP contribution in [0, 0.1) is 13.8 Å². The summed E-state index contributed by atoms with van der Waals surface area (Å²) in [5.74, 6) is -0.254. The highest BCUT2D eigenvalue weighted by Crippen LogP contribution is 2.16. The molecule has 1 aromatic heterocycles. The second-order valence-corrected chi connectivity index (χ2v) is 6.67. The largest absolute Gasteiger partial charge is 0.494 e. The number of benzene rings is 1. The first-order valence-corrected chi connectivity index (χ1v) is 8.98. The van der Waals surface area contributed by atoms with Crippen molar-refractivity contribution in [2.24, 2.45) is 0 Å². The quantitative estimate of drug-likeness (QED) is 0.670. The highest BCUT2D eigenvalue weighted by molar-refractivity contribution is 7.09. The van der Waals surface area contributed by atoms with Crippen molar-refractivity contribution in [2.45, 2.75) is 33.1 Å². The lowest BCUT2D eigenvalue weighted by Gasteiger charge is -2.08. The molecule has 0 saturated carbocycles. The number of hydrogen-bond donors (Lipinski definition) is 2. The fourth-order valence-corrected chi connectivity index (χ4v) is 2.92. The molecule has 0 unspecified atom stereocenters. The van der Waals surface area contributed by atoms with Gasteiger partial charge in [-0.1, -0.05) is 6.07 Å². The van der Waals surface area contributed by atoms with E-state index in [0.29, 0.717) is 37.4 Å². The number of nitrogens with zero attached hydrogens (tertiary/aromatic N) is 1. The summed E-state index contributed by atoms with van der Waals surface area (Å²) < 4.78 is 5.65. The average molecular weight is 362 g/mol. The van der Waals surface area contributed by atoms with Crippen LogP contribution in [0.2, 0.25) is 0 Å². The SMILES string of the molecule is Cc1ccc(OCCCC(=O)NCCc2nc(C(=O)O)cs2)cc1C. The summed E-state index contributed by atoms with van der Waals surface area (Å²) in [4.78, 5) is 26.5. The van der Waals surface area contributed by atoms with Gasteiger partial charge in [0, 0.05) is 24.8 Å². The number of hydrogen-bond acceptors (Lipinski definition) is 5. The van der Waals surface area contributed by atoms with Crippen molar-refractivity contribution in [3.05, 3.63) is 45.4 Å². The number of aromatic nitrogens is 1. The van der Waals surface area contributed by atoms with E-state index >= 15 is 0 Å². The van der Waals surface area contributed by atoms with E-state index in [1.807, 2.05) is 25.1 Å². The van der Waals surface area contributed by atoms with Crippen LogP contribution in [0.25, 0.3) is 0 Å². The molecule has 0 bridgehead atoms. The van der Waals surface area contributed by atoms with Crippen LogP contribution >= 0.6 is 11.3 Å². The molecule has 0 aliphatic rings. The molecular formula is C18H22N2O4S. The summed E-state index contributed by atoms with van der Waals surface area (Å²) in [5.41, 5.74) is 2.46. The molecule has 0 radical (unpaired) electrons. The monoisotopic (exact) mass is 362 g/mol. The number of aryl methyl sites for hydroxylation is 2. The highest BCUT2D eigenvalue weighted by Gasteiger charge is 2.09. The summed E-state index contributed by atoms with van der Waals surface area (Å²) in [6.45, 7) is 5.03. The van der Waals surface area contributed by atoms with E-state index in [1.54, 1.807) is 0 Å². The number of aromatic carboxylic acids is 1. The Labute approximate surface area is 150 Å². The zero-order valence-corrected chi connectivity index (χ0v) is 15.2. The minimum Gasteiger partial charge on any atom is -0.494 e. The van der Waals surface area contributed by atoms with Gasteiger partial charge in [-0.2, -0.15) is 0 Å². The molecular weight excluding hydrogens is 340 g/mol. The molecule has 0 aliphatic carbocycles. The van der Waals surface area contributed by atoms with Gasteiger partial charge in [0.25, 0.3) is 0 Å². The van der Waals surface area contributed by atoms with Crippen molar-refractivity contribution >= 4 is 23.2 Å². The van der Waals surface area contributed by atoms with Crippen LogP contribution in [0.1, 0.15) is 39.5 Å². The Morgan fingerprint density at radius 3 is 2.76 bits per heavy atom. The summed E-state index contributed by atoms with van der Waals surface area (Å²) in [6.07, 6.45) is 1.56. The third-order valence-electron chi connectivity index (χ3n) is 3.73. The van der Waals surface area contributed by atoms with Crippen LogP contribution in [-0.4, -0.2) is 35.1 Å². The van der Waals surface area contributed by atoms with Crippen LogP contribution in [0.3, 0.4) is 0 Å². The maximum atomic E-state index is 11.8. The van der Waals surface area contributed by atoms with E-state index in [4.69, 9.17) is 9.84 Å². The molecule has 0 aliphatic heterocycles. The molecule has 7 heteroatoms. The molecule has 0 spiro atoms. The molecule has 1 aromatic carbocycles. The number of carbonyl (C=O) groups is 2. The number of amides is 1. The number of nitrogens with one attached hydrogen (secondary N) is 1. The molecule has 2 N–H and O–H groups in total. The predicted octanol–water partition coefficient (Wildman–Crippen LogP) is 2.98. The minimum atomic E-state index is -1.03. The Balaban J connectivity index is 1.60. The van der Waals surface area contributed by atoms with E-state index in [2.05, 4.69) is 17.2 Å². The second kappa shape index (κ2) is 9.17. The lowest BCUT2D eigenvalue weighted by Crippen LogP contribution is -2.25. The Kier molecular flexibility index (Phi) is 6.94. The zero-order valence-electron chi connectivity index (χ0n) is 14.4. The van der Waals surface area contributed by atoms with Crippen molar-refractivity contribution in [1.29, 1.82) is 0 Å². The fraction of sp³-hybridized carbons (Fsp3) is 0.389. The van der Waals surface area contributed by atoms with Crippen molar-refractivity contribution in [2.75, 3.05) is 13.2 Å². The van der Waals surface area contributed by atoms with Gasteiger partial charge in [0.2, 0.25) is 5.91 Å². The number of carboxylic acid groups (broad SMARTS) is 1. The van der Waals surface area contributed by atoms with Crippen LogP contribution in [-0.2, 0) is 11.2 Å². The van der Waals surface area contributed by atoms with Crippen LogP contribution in [0.5, 0.6) is 5.75 Å². The lowest BCUT2D eigenvalue weighted by atomic mass is 10.1. The van der Waals surface area contributed by atoms with Crippen molar-refractivity contribution in [3.8, 4) is 5.75 Å². The van der Waals surface area contributed by atoms with Crippen LogP contribution < -0.4 is 10.1 Å². The van der Waals surface area contributed by atoms with E-state index < -0.39 is 5.97 Å². The van der Waals surface area contributed by atoms with Gasteiger partial charge >= 0.3 is 5.97 Å². The maximum absolute atomic E-state index is 11.8. The van der Waals surface area contributed by atoms with E-state index in [-0.39, 0.29) is 11.6 Å². The van der Waals surface area contributed by atoms with Gasteiger partial charge in [-0.3, -0.25) is 4.79 Å². The lowest BCUT2D eigenvalue weighted by molar-refractivity contribution is -0.121. The smallest absolute Gasteiger partial charge is 0.355 e. The number of carbonyl (C=O) groups excluding carboxylic acids is 1. The number of thiazole rings is 1. The zero-order chi connectivity index (χ0) is 18.2. The second-order valence-electron chi connectivity index (χ2n) is 5.73. The summed E-state index contributed by atoms with van der Waals surface area (Å²) in [5, 5.41) is 13.8. The van der Waals surface area contributed by atoms with E-state index in [0.717, 1.165) is 5.75 Å². The van der Waals surface area contributed by atoms with Gasteiger partial charge in [0.1, 0.15) is 5.75 Å². The van der Waals surface area contributed by atoms with Gasteiger partial charge in [-0.15, -0.1) is 11.3 Å². The van der Waals surface area contributed by atoms with Crippen molar-refractivity contribution in [3.63, 3.8) is 0 Å². The Hall–Kier alpha value is -2.41. The Morgan fingerprint density at radius 1 is 1.28 bits per heavy atom. The molecule has 2 rings (SSSR count). The summed E-state index contributed by atoms with van der Waals surface area (Å²) in [7, 11) is 0. The first-order chi connectivity index (χ1) is 12.0. The van der Waals surface area contributed by atoms with Crippen LogP contribution in [0.4, 0.5) is 0 Å². The van der Waals surface area contributed by atoms with E-state index in [9.17, 15) is 9.59 Å². The topological polar surface area (TPSA) is 88.5 Å². The molecule has 0 atom stereocenters. The molecule has 25 heavy (non-hydrogen) atoms. The van der Waals surface area contributed by atoms with E-state index in [1.165, 1.54) is 27.8 Å². The first-order valence-electron chi connectivity index (χ1n) is 8.10. The van der Waals surface area contributed by atoms with Crippen molar-refractivity contribution in [1.82, 2.24) is 10.3 Å². The highest BCUT2D eigenvalue weighted by atomic mass is 32.1. The predicted molar refractivity (Wildman–Crippen MR) is 96.4 cm³/mol. The van der Waals surface area contributed by atoms with Gasteiger partial charge in [-0.25, -0.2) is 9.78 Å². The Morgan fingerprint density at radius 2 is 2.08 bits per heavy atom. The van der Waals surface area contributed by atoms with Crippen molar-refractivity contribution < 1.29 is 19.4 Å². The molecule has 1 heterocycles. The molecule has 6 nitrogen and oxygen atoms in total. The van der Waals surface area contributed by atoms with Gasteiger partial charge in [-0.05, 0) is 43.5 Å². The number of carboxylic acids is 1. The molecule has 0 fully saturated rings. The van der Waals surface area contributed by atoms with Gasteiger partial charge in [0.05, 0.1) is 11.6 Å². The fourth-order valence-electron chi connectivity index (χ4n) is 2.15. The number of ether oxygens (including phenoxy) is 1. The average Bonchev–Trinajstić information content (AvgIpc) is 3.04. The third-order valence-corrected chi connectivity index (χ3v) is 4.64. The molecule has 134 valence electrons. The Bertz CT molecular complexity index is 742. The standard InChI is InChI=1S/C18H22N2O4S/c1-12-5-6-14(10-13(12)2)24-9-3-4-16(21)19-8-7-17-20-15(11-25-17)18(22)23/h5-6,10-11H,3-4,7-9H2,1-2H3,(H,19,21)(H,22,23).